The second-order valence-electron chi connectivity index (χ2n) is 5.49. The van der Waals surface area contributed by atoms with Crippen LogP contribution in [0.15, 0.2) is 36.0 Å². The van der Waals surface area contributed by atoms with Crippen LogP contribution in [0.1, 0.15) is 39.5 Å². The summed E-state index contributed by atoms with van der Waals surface area (Å²) in [7, 11) is 0. The first-order valence-corrected chi connectivity index (χ1v) is 7.06. The molecule has 0 spiro atoms. The zero-order chi connectivity index (χ0) is 12.8. The lowest BCUT2D eigenvalue weighted by Gasteiger charge is -2.26. The van der Waals surface area contributed by atoms with Crippen LogP contribution >= 0.6 is 0 Å². The Bertz CT molecular complexity index is 383. The molecule has 2 nitrogen and oxygen atoms in total. The molecule has 0 saturated carbocycles. The molecule has 98 valence electrons. The molecule has 0 saturated heterocycles. The lowest BCUT2D eigenvalue weighted by Crippen LogP contribution is -2.17. The molecule has 2 atom stereocenters. The van der Waals surface area contributed by atoms with Crippen LogP contribution in [-0.2, 0) is 0 Å². The van der Waals surface area contributed by atoms with Crippen LogP contribution in [-0.4, -0.2) is 11.5 Å². The molecule has 0 aliphatic heterocycles. The summed E-state index contributed by atoms with van der Waals surface area (Å²) in [4.78, 5) is 4.28. The van der Waals surface area contributed by atoms with Crippen molar-refractivity contribution in [2.75, 3.05) is 11.9 Å². The van der Waals surface area contributed by atoms with E-state index in [4.69, 9.17) is 0 Å². The number of pyridine rings is 1. The van der Waals surface area contributed by atoms with Crippen LogP contribution in [0.2, 0.25) is 0 Å². The summed E-state index contributed by atoms with van der Waals surface area (Å²) in [6, 6.07) is 6.00. The second kappa shape index (κ2) is 6.58. The molecular formula is C16H24N2. The topological polar surface area (TPSA) is 24.9 Å². The van der Waals surface area contributed by atoms with E-state index in [1.807, 2.05) is 24.4 Å². The van der Waals surface area contributed by atoms with Gasteiger partial charge in [0.15, 0.2) is 0 Å². The summed E-state index contributed by atoms with van der Waals surface area (Å²) in [5.41, 5.74) is 1.57. The Morgan fingerprint density at radius 2 is 2.33 bits per heavy atom. The number of rotatable bonds is 5. The minimum absolute atomic E-state index is 0.797. The van der Waals surface area contributed by atoms with E-state index in [1.54, 1.807) is 5.57 Å². The maximum Gasteiger partial charge on any atom is 0.125 e. The maximum atomic E-state index is 4.28. The quantitative estimate of drug-likeness (QED) is 0.783. The molecule has 0 aromatic carbocycles. The van der Waals surface area contributed by atoms with E-state index in [2.05, 4.69) is 30.2 Å². The molecule has 1 aromatic rings. The van der Waals surface area contributed by atoms with Gasteiger partial charge in [0, 0.05) is 12.7 Å². The van der Waals surface area contributed by atoms with Gasteiger partial charge in [-0.2, -0.15) is 0 Å². The third-order valence-electron chi connectivity index (χ3n) is 4.05. The summed E-state index contributed by atoms with van der Waals surface area (Å²) in [6.45, 7) is 5.67. The van der Waals surface area contributed by atoms with Crippen LogP contribution in [0.4, 0.5) is 5.82 Å². The van der Waals surface area contributed by atoms with E-state index in [9.17, 15) is 0 Å². The Labute approximate surface area is 111 Å². The molecule has 1 N–H and O–H groups in total. The van der Waals surface area contributed by atoms with Crippen molar-refractivity contribution in [3.8, 4) is 0 Å². The largest absolute Gasteiger partial charge is 0.370 e. The van der Waals surface area contributed by atoms with Crippen molar-refractivity contribution in [3.05, 3.63) is 36.0 Å². The van der Waals surface area contributed by atoms with Gasteiger partial charge in [-0.15, -0.1) is 0 Å². The van der Waals surface area contributed by atoms with Gasteiger partial charge in [-0.1, -0.05) is 24.6 Å². The van der Waals surface area contributed by atoms with Crippen LogP contribution in [0.25, 0.3) is 0 Å². The summed E-state index contributed by atoms with van der Waals surface area (Å²) in [6.07, 6.45) is 9.43. The number of nitrogens with zero attached hydrogens (tertiary/aromatic N) is 1. The van der Waals surface area contributed by atoms with Gasteiger partial charge in [0.05, 0.1) is 0 Å². The highest BCUT2D eigenvalue weighted by Gasteiger charge is 2.18. The number of nitrogens with one attached hydrogen (secondary N) is 1. The first-order chi connectivity index (χ1) is 8.75. The Hall–Kier alpha value is -1.31. The summed E-state index contributed by atoms with van der Waals surface area (Å²) >= 11 is 0. The SMILES string of the molecule is CC1=CC[C@H](C(C)CCNc2ccccn2)CC1. The lowest BCUT2D eigenvalue weighted by atomic mass is 9.80. The van der Waals surface area contributed by atoms with Crippen molar-refractivity contribution < 1.29 is 0 Å². The van der Waals surface area contributed by atoms with Gasteiger partial charge >= 0.3 is 0 Å². The Morgan fingerprint density at radius 3 is 3.00 bits per heavy atom. The van der Waals surface area contributed by atoms with E-state index >= 15 is 0 Å². The molecule has 1 aliphatic rings. The second-order valence-corrected chi connectivity index (χ2v) is 5.49. The van der Waals surface area contributed by atoms with Crippen LogP contribution in [0.3, 0.4) is 0 Å². The third kappa shape index (κ3) is 3.86. The fourth-order valence-corrected chi connectivity index (χ4v) is 2.63. The normalized spacial score (nSPS) is 21.2. The van der Waals surface area contributed by atoms with Crippen molar-refractivity contribution in [1.29, 1.82) is 0 Å². The molecule has 1 aromatic heterocycles. The van der Waals surface area contributed by atoms with Gasteiger partial charge in [0.1, 0.15) is 5.82 Å². The van der Waals surface area contributed by atoms with Crippen LogP contribution < -0.4 is 5.32 Å². The third-order valence-corrected chi connectivity index (χ3v) is 4.05. The first kappa shape index (κ1) is 13.1. The molecule has 0 bridgehead atoms. The average Bonchev–Trinajstić information content (AvgIpc) is 2.40. The molecule has 1 heterocycles. The summed E-state index contributed by atoms with van der Waals surface area (Å²) < 4.78 is 0. The average molecular weight is 244 g/mol. The highest BCUT2D eigenvalue weighted by Crippen LogP contribution is 2.30. The molecule has 18 heavy (non-hydrogen) atoms. The van der Waals surface area contributed by atoms with Crippen LogP contribution in [0.5, 0.6) is 0 Å². The number of hydrogen-bond donors (Lipinski definition) is 1. The molecule has 1 aliphatic carbocycles. The van der Waals surface area contributed by atoms with Gasteiger partial charge < -0.3 is 5.32 Å². The monoisotopic (exact) mass is 244 g/mol. The van der Waals surface area contributed by atoms with E-state index in [0.717, 1.165) is 24.2 Å². The van der Waals surface area contributed by atoms with E-state index in [1.165, 1.54) is 25.7 Å². The van der Waals surface area contributed by atoms with Gasteiger partial charge in [0.25, 0.3) is 0 Å². The highest BCUT2D eigenvalue weighted by molar-refractivity contribution is 5.32. The molecule has 1 unspecified atom stereocenters. The van der Waals surface area contributed by atoms with Gasteiger partial charge in [-0.3, -0.25) is 0 Å². The Balaban J connectivity index is 1.70. The molecule has 0 fully saturated rings. The van der Waals surface area contributed by atoms with E-state index < -0.39 is 0 Å². The van der Waals surface area contributed by atoms with Crippen molar-refractivity contribution in [1.82, 2.24) is 4.98 Å². The van der Waals surface area contributed by atoms with Gasteiger partial charge in [-0.25, -0.2) is 4.98 Å². The Morgan fingerprint density at radius 1 is 1.44 bits per heavy atom. The molecule has 0 amide bonds. The fraction of sp³-hybridized carbons (Fsp3) is 0.562. The number of aromatic nitrogens is 1. The van der Waals surface area contributed by atoms with Crippen molar-refractivity contribution in [2.24, 2.45) is 11.8 Å². The fourth-order valence-electron chi connectivity index (χ4n) is 2.63. The minimum atomic E-state index is 0.797. The number of allylic oxidation sites excluding steroid dienone is 2. The zero-order valence-electron chi connectivity index (χ0n) is 11.5. The molecular weight excluding hydrogens is 220 g/mol. The predicted molar refractivity (Wildman–Crippen MR) is 77.6 cm³/mol. The lowest BCUT2D eigenvalue weighted by molar-refractivity contribution is 0.316. The Kier molecular flexibility index (Phi) is 4.80. The van der Waals surface area contributed by atoms with Gasteiger partial charge in [0.2, 0.25) is 0 Å². The molecule has 0 radical (unpaired) electrons. The zero-order valence-corrected chi connectivity index (χ0v) is 11.5. The maximum absolute atomic E-state index is 4.28. The minimum Gasteiger partial charge on any atom is -0.370 e. The summed E-state index contributed by atoms with van der Waals surface area (Å²) in [5, 5.41) is 3.40. The van der Waals surface area contributed by atoms with E-state index in [0.29, 0.717) is 0 Å². The van der Waals surface area contributed by atoms with Crippen molar-refractivity contribution >= 4 is 5.82 Å². The van der Waals surface area contributed by atoms with Gasteiger partial charge in [-0.05, 0) is 56.6 Å². The molecule has 2 heteroatoms. The number of hydrogen-bond acceptors (Lipinski definition) is 2. The van der Waals surface area contributed by atoms with Crippen molar-refractivity contribution in [3.63, 3.8) is 0 Å². The standard InChI is InChI=1S/C16H24N2/c1-13-6-8-15(9-7-13)14(2)10-12-18-16-5-3-4-11-17-16/h3-6,11,14-15H,7-10,12H2,1-2H3,(H,17,18)/t14?,15-/m0/s1. The van der Waals surface area contributed by atoms with Crippen LogP contribution in [0, 0.1) is 11.8 Å². The molecule has 2 rings (SSSR count). The first-order valence-electron chi connectivity index (χ1n) is 7.06. The highest BCUT2D eigenvalue weighted by atomic mass is 15.0. The summed E-state index contributed by atoms with van der Waals surface area (Å²) in [5.74, 6) is 2.66. The number of anilines is 1. The van der Waals surface area contributed by atoms with E-state index in [-0.39, 0.29) is 0 Å². The predicted octanol–water partition coefficient (Wildman–Crippen LogP) is 4.27. The smallest absolute Gasteiger partial charge is 0.125 e. The van der Waals surface area contributed by atoms with Crippen molar-refractivity contribution in [2.45, 2.75) is 39.5 Å².